The molecule has 1 fully saturated rings. The maximum atomic E-state index is 12.7. The van der Waals surface area contributed by atoms with Crippen molar-refractivity contribution in [2.24, 2.45) is 10.9 Å². The number of carbonyl (C=O) groups is 3. The van der Waals surface area contributed by atoms with Crippen LogP contribution in [-0.4, -0.2) is 24.1 Å². The molecule has 126 valence electrons. The smallest absolute Gasteiger partial charge is 0.276 e. The topological polar surface area (TPSA) is 78.8 Å². The molecule has 7 heteroatoms. The van der Waals surface area contributed by atoms with Gasteiger partial charge in [0.25, 0.3) is 5.91 Å². The van der Waals surface area contributed by atoms with Gasteiger partial charge in [0.2, 0.25) is 5.91 Å². The first-order chi connectivity index (χ1) is 12.0. The first-order valence-corrected chi connectivity index (χ1v) is 7.89. The first-order valence-electron chi connectivity index (χ1n) is 7.51. The zero-order valence-electron chi connectivity index (χ0n) is 13.3. The van der Waals surface area contributed by atoms with Crippen LogP contribution in [0.25, 0.3) is 0 Å². The second kappa shape index (κ2) is 6.86. The number of benzene rings is 2. The predicted octanol–water partition coefficient (Wildman–Crippen LogP) is 3.25. The number of aryl methyl sites for hydroxylation is 1. The lowest BCUT2D eigenvalue weighted by atomic mass is 10.1. The van der Waals surface area contributed by atoms with E-state index in [1.807, 2.05) is 6.92 Å². The van der Waals surface area contributed by atoms with Gasteiger partial charge in [0, 0.05) is 6.21 Å². The fourth-order valence-corrected chi connectivity index (χ4v) is 2.56. The summed E-state index contributed by atoms with van der Waals surface area (Å²) < 4.78 is 0. The van der Waals surface area contributed by atoms with Crippen LogP contribution in [0.3, 0.4) is 0 Å². The largest absolute Gasteiger partial charge is 0.335 e. The number of amides is 4. The quantitative estimate of drug-likeness (QED) is 0.678. The Morgan fingerprint density at radius 2 is 1.76 bits per heavy atom. The number of imide groups is 2. The molecule has 0 aliphatic carbocycles. The van der Waals surface area contributed by atoms with Crippen molar-refractivity contribution in [2.75, 3.05) is 4.90 Å². The SMILES string of the molecule is Cc1ccc(N2C(=O)NC(=O)[C@@H](C=Nc3ccccc3Cl)C2=O)cc1. The number of nitrogens with one attached hydrogen (secondary N) is 1. The molecule has 2 aromatic rings. The molecular weight excluding hydrogens is 342 g/mol. The number of para-hydroxylation sites is 1. The van der Waals surface area contributed by atoms with Crippen LogP contribution in [-0.2, 0) is 9.59 Å². The fourth-order valence-electron chi connectivity index (χ4n) is 2.37. The Kier molecular flexibility index (Phi) is 4.63. The van der Waals surface area contributed by atoms with Crippen molar-refractivity contribution in [3.63, 3.8) is 0 Å². The summed E-state index contributed by atoms with van der Waals surface area (Å²) in [6.45, 7) is 1.89. The number of urea groups is 1. The van der Waals surface area contributed by atoms with E-state index in [1.165, 1.54) is 6.21 Å². The lowest BCUT2D eigenvalue weighted by molar-refractivity contribution is -0.131. The van der Waals surface area contributed by atoms with E-state index in [2.05, 4.69) is 10.3 Å². The fraction of sp³-hybridized carbons (Fsp3) is 0.111. The molecule has 3 rings (SSSR count). The molecule has 1 saturated heterocycles. The summed E-state index contributed by atoms with van der Waals surface area (Å²) in [6.07, 6.45) is 1.20. The molecule has 4 amide bonds. The van der Waals surface area contributed by atoms with Gasteiger partial charge in [-0.05, 0) is 31.2 Å². The lowest BCUT2D eigenvalue weighted by Crippen LogP contribution is -2.58. The average molecular weight is 356 g/mol. The van der Waals surface area contributed by atoms with Gasteiger partial charge < -0.3 is 0 Å². The van der Waals surface area contributed by atoms with E-state index in [0.29, 0.717) is 16.4 Å². The third kappa shape index (κ3) is 3.44. The van der Waals surface area contributed by atoms with Crippen LogP contribution in [0.5, 0.6) is 0 Å². The van der Waals surface area contributed by atoms with E-state index in [0.717, 1.165) is 10.5 Å². The summed E-state index contributed by atoms with van der Waals surface area (Å²) >= 11 is 6.01. The molecular formula is C18H14ClN3O3. The molecule has 1 aliphatic heterocycles. The molecule has 0 unspecified atom stereocenters. The van der Waals surface area contributed by atoms with Gasteiger partial charge in [-0.3, -0.25) is 19.9 Å². The molecule has 0 bridgehead atoms. The minimum atomic E-state index is -1.21. The number of anilines is 1. The molecule has 1 atom stereocenters. The molecule has 25 heavy (non-hydrogen) atoms. The van der Waals surface area contributed by atoms with Crippen molar-refractivity contribution in [1.82, 2.24) is 5.32 Å². The summed E-state index contributed by atoms with van der Waals surface area (Å²) in [6, 6.07) is 12.9. The first kappa shape index (κ1) is 16.9. The second-order valence-electron chi connectivity index (χ2n) is 5.51. The summed E-state index contributed by atoms with van der Waals surface area (Å²) in [5, 5.41) is 2.57. The summed E-state index contributed by atoms with van der Waals surface area (Å²) in [7, 11) is 0. The van der Waals surface area contributed by atoms with Gasteiger partial charge in [0.05, 0.1) is 16.4 Å². The van der Waals surface area contributed by atoms with E-state index in [4.69, 9.17) is 11.6 Å². The van der Waals surface area contributed by atoms with E-state index >= 15 is 0 Å². The number of hydrogen-bond donors (Lipinski definition) is 1. The Bertz CT molecular complexity index is 877. The third-order valence-electron chi connectivity index (χ3n) is 3.71. The van der Waals surface area contributed by atoms with E-state index in [-0.39, 0.29) is 0 Å². The van der Waals surface area contributed by atoms with Crippen LogP contribution in [0.2, 0.25) is 5.02 Å². The number of hydrogen-bond acceptors (Lipinski definition) is 4. The van der Waals surface area contributed by atoms with Crippen molar-refractivity contribution >= 4 is 47.0 Å². The Morgan fingerprint density at radius 3 is 2.44 bits per heavy atom. The molecule has 0 aromatic heterocycles. The standard InChI is InChI=1S/C18H14ClN3O3/c1-11-6-8-12(9-7-11)22-17(24)13(16(23)21-18(22)25)10-20-15-5-3-2-4-14(15)19/h2-10,13H,1H3,(H,21,23,25)/t13-/m1/s1. The zero-order valence-corrected chi connectivity index (χ0v) is 14.0. The van der Waals surface area contributed by atoms with Crippen LogP contribution in [0.4, 0.5) is 16.2 Å². The number of nitrogens with zero attached hydrogens (tertiary/aromatic N) is 2. The molecule has 6 nitrogen and oxygen atoms in total. The minimum absolute atomic E-state index is 0.386. The van der Waals surface area contributed by atoms with Gasteiger partial charge in [-0.15, -0.1) is 0 Å². The second-order valence-corrected chi connectivity index (χ2v) is 5.92. The van der Waals surface area contributed by atoms with Gasteiger partial charge in [-0.1, -0.05) is 41.4 Å². The van der Waals surface area contributed by atoms with Gasteiger partial charge in [-0.2, -0.15) is 0 Å². The van der Waals surface area contributed by atoms with Crippen LogP contribution >= 0.6 is 11.6 Å². The highest BCUT2D eigenvalue weighted by Gasteiger charge is 2.40. The highest BCUT2D eigenvalue weighted by atomic mass is 35.5. The summed E-state index contributed by atoms with van der Waals surface area (Å²) in [4.78, 5) is 41.8. The zero-order chi connectivity index (χ0) is 18.0. The number of aliphatic imine (C=N–C) groups is 1. The van der Waals surface area contributed by atoms with E-state index in [9.17, 15) is 14.4 Å². The Balaban J connectivity index is 1.90. The van der Waals surface area contributed by atoms with Crippen molar-refractivity contribution < 1.29 is 14.4 Å². The van der Waals surface area contributed by atoms with Crippen LogP contribution in [0, 0.1) is 12.8 Å². The van der Waals surface area contributed by atoms with Gasteiger partial charge in [0.1, 0.15) is 0 Å². The molecule has 0 radical (unpaired) electrons. The molecule has 1 N–H and O–H groups in total. The predicted molar refractivity (Wildman–Crippen MR) is 95.3 cm³/mol. The van der Waals surface area contributed by atoms with Crippen molar-refractivity contribution in [3.8, 4) is 0 Å². The highest BCUT2D eigenvalue weighted by molar-refractivity contribution is 6.34. The number of barbiturate groups is 1. The monoisotopic (exact) mass is 355 g/mol. The molecule has 1 aliphatic rings. The molecule has 0 saturated carbocycles. The Labute approximate surface area is 149 Å². The van der Waals surface area contributed by atoms with E-state index < -0.39 is 23.8 Å². The minimum Gasteiger partial charge on any atom is -0.276 e. The van der Waals surface area contributed by atoms with Crippen LogP contribution < -0.4 is 10.2 Å². The van der Waals surface area contributed by atoms with Crippen LogP contribution in [0.15, 0.2) is 53.5 Å². The average Bonchev–Trinajstić information content (AvgIpc) is 2.57. The van der Waals surface area contributed by atoms with Gasteiger partial charge in [-0.25, -0.2) is 9.69 Å². The summed E-state index contributed by atoms with van der Waals surface area (Å²) in [5.41, 5.74) is 1.81. The van der Waals surface area contributed by atoms with Gasteiger partial charge >= 0.3 is 6.03 Å². The molecule has 2 aromatic carbocycles. The third-order valence-corrected chi connectivity index (χ3v) is 4.03. The maximum Gasteiger partial charge on any atom is 0.335 e. The highest BCUT2D eigenvalue weighted by Crippen LogP contribution is 2.25. The van der Waals surface area contributed by atoms with Crippen molar-refractivity contribution in [1.29, 1.82) is 0 Å². The summed E-state index contributed by atoms with van der Waals surface area (Å²) in [5.74, 6) is -2.59. The van der Waals surface area contributed by atoms with Crippen molar-refractivity contribution in [3.05, 3.63) is 59.1 Å². The van der Waals surface area contributed by atoms with Gasteiger partial charge in [0.15, 0.2) is 5.92 Å². The number of halogens is 1. The molecule has 1 heterocycles. The number of carbonyl (C=O) groups excluding carboxylic acids is 3. The number of rotatable bonds is 3. The Hall–Kier alpha value is -2.99. The maximum absolute atomic E-state index is 12.7. The normalized spacial score (nSPS) is 17.9. The van der Waals surface area contributed by atoms with Crippen molar-refractivity contribution in [2.45, 2.75) is 6.92 Å². The lowest BCUT2D eigenvalue weighted by Gasteiger charge is -2.28. The van der Waals surface area contributed by atoms with Crippen LogP contribution in [0.1, 0.15) is 5.56 Å². The Morgan fingerprint density at radius 1 is 1.08 bits per heavy atom. The molecule has 0 spiro atoms. The van der Waals surface area contributed by atoms with E-state index in [1.54, 1.807) is 48.5 Å².